The molecule has 0 fully saturated rings. The van der Waals surface area contributed by atoms with Crippen molar-refractivity contribution in [1.29, 1.82) is 0 Å². The molecule has 3 heterocycles. The van der Waals surface area contributed by atoms with E-state index in [9.17, 15) is 9.59 Å². The lowest BCUT2D eigenvalue weighted by molar-refractivity contribution is 0.0706. The number of hydrogen-bond donors (Lipinski definition) is 5. The van der Waals surface area contributed by atoms with Crippen LogP contribution >= 0.6 is 0 Å². The maximum atomic E-state index is 14.3. The molecule has 0 saturated heterocycles. The van der Waals surface area contributed by atoms with Crippen LogP contribution in [0.15, 0.2) is 90.2 Å². The number of aromatic nitrogens is 6. The summed E-state index contributed by atoms with van der Waals surface area (Å²) in [6.07, 6.45) is 3.66. The van der Waals surface area contributed by atoms with Gasteiger partial charge in [0.25, 0.3) is 11.5 Å². The van der Waals surface area contributed by atoms with Crippen molar-refractivity contribution in [2.75, 3.05) is 5.32 Å². The van der Waals surface area contributed by atoms with E-state index in [0.29, 0.717) is 64.5 Å². The maximum absolute atomic E-state index is 14.3. The Labute approximate surface area is 245 Å². The van der Waals surface area contributed by atoms with Crippen molar-refractivity contribution in [3.63, 3.8) is 0 Å². The van der Waals surface area contributed by atoms with Gasteiger partial charge in [0.2, 0.25) is 0 Å². The summed E-state index contributed by atoms with van der Waals surface area (Å²) in [5, 5.41) is 16.2. The number of hydrogen-bond acceptors (Lipinski definition) is 9. The summed E-state index contributed by atoms with van der Waals surface area (Å²) < 4.78 is 1.67. The molecular formula is C31H29N9O3. The van der Waals surface area contributed by atoms with Gasteiger partial charge in [0, 0.05) is 18.7 Å². The molecule has 0 saturated carbocycles. The number of aromatic amines is 1. The Morgan fingerprint density at radius 2 is 1.79 bits per heavy atom. The standard InChI is InChI=1S/C31H29N9O3/c1-2-23(37-28-26-27(34-17-33-26)35-18-36-28)29-38-24-10-6-7-21(25(24)31(42)40(29)22-8-4-3-5-9-22)16-32-15-19-11-13-20(14-12-19)30(41)39-43/h3-14,17-18,23,32,43H,2,15-16H2,1H3,(H,39,41)(H2,33,34,35,36,37)/t23-/m0/s1. The third-order valence-corrected chi connectivity index (χ3v) is 7.23. The van der Waals surface area contributed by atoms with Crippen LogP contribution in [-0.4, -0.2) is 40.6 Å². The zero-order chi connectivity index (χ0) is 29.8. The zero-order valence-corrected chi connectivity index (χ0v) is 23.3. The summed E-state index contributed by atoms with van der Waals surface area (Å²) in [6, 6.07) is 21.7. The number of nitrogens with zero attached hydrogens (tertiary/aromatic N) is 5. The first kappa shape index (κ1) is 27.7. The van der Waals surface area contributed by atoms with Crippen LogP contribution in [0.5, 0.6) is 0 Å². The molecule has 3 aromatic heterocycles. The second-order valence-corrected chi connectivity index (χ2v) is 9.93. The predicted molar refractivity (Wildman–Crippen MR) is 162 cm³/mol. The summed E-state index contributed by atoms with van der Waals surface area (Å²) >= 11 is 0. The highest BCUT2D eigenvalue weighted by Crippen LogP contribution is 2.26. The van der Waals surface area contributed by atoms with E-state index in [1.54, 1.807) is 28.5 Å². The molecular weight excluding hydrogens is 546 g/mol. The summed E-state index contributed by atoms with van der Waals surface area (Å²) in [5.41, 5.74) is 6.11. The molecule has 12 nitrogen and oxygen atoms in total. The number of imidazole rings is 1. The molecule has 0 unspecified atom stereocenters. The number of rotatable bonds is 10. The first-order valence-electron chi connectivity index (χ1n) is 13.8. The highest BCUT2D eigenvalue weighted by Gasteiger charge is 2.23. The van der Waals surface area contributed by atoms with E-state index >= 15 is 0 Å². The van der Waals surface area contributed by atoms with Crippen LogP contribution in [0.2, 0.25) is 0 Å². The van der Waals surface area contributed by atoms with Gasteiger partial charge in [-0.1, -0.05) is 49.4 Å². The van der Waals surface area contributed by atoms with Crippen LogP contribution in [0.25, 0.3) is 27.8 Å². The Morgan fingerprint density at radius 3 is 2.56 bits per heavy atom. The summed E-state index contributed by atoms with van der Waals surface area (Å²) in [4.78, 5) is 47.0. The largest absolute Gasteiger partial charge is 0.358 e. The highest BCUT2D eigenvalue weighted by atomic mass is 16.5. The van der Waals surface area contributed by atoms with Crippen LogP contribution in [0.3, 0.4) is 0 Å². The lowest BCUT2D eigenvalue weighted by Crippen LogP contribution is -2.29. The number of benzene rings is 3. The zero-order valence-electron chi connectivity index (χ0n) is 23.3. The highest BCUT2D eigenvalue weighted by molar-refractivity contribution is 5.93. The van der Waals surface area contributed by atoms with Gasteiger partial charge in [-0.15, -0.1) is 0 Å². The minimum atomic E-state index is -0.566. The Morgan fingerprint density at radius 1 is 0.977 bits per heavy atom. The SMILES string of the molecule is CC[C@H](Nc1ncnc2[nH]cnc12)c1nc2cccc(CNCc3ccc(C(=O)NO)cc3)c2c(=O)n1-c1ccccc1. The van der Waals surface area contributed by atoms with Gasteiger partial charge >= 0.3 is 0 Å². The van der Waals surface area contributed by atoms with E-state index in [1.807, 2.05) is 67.6 Å². The molecule has 0 spiro atoms. The van der Waals surface area contributed by atoms with Crippen LogP contribution in [0.1, 0.15) is 46.7 Å². The number of carbonyl (C=O) groups is 1. The molecule has 0 bridgehead atoms. The Balaban J connectivity index is 1.36. The van der Waals surface area contributed by atoms with Crippen molar-refractivity contribution in [3.8, 4) is 5.69 Å². The Kier molecular flexibility index (Phi) is 7.85. The van der Waals surface area contributed by atoms with Gasteiger partial charge in [-0.2, -0.15) is 0 Å². The van der Waals surface area contributed by atoms with Crippen LogP contribution in [-0.2, 0) is 13.1 Å². The summed E-state index contributed by atoms with van der Waals surface area (Å²) in [7, 11) is 0. The molecule has 0 aliphatic heterocycles. The van der Waals surface area contributed by atoms with Crippen molar-refractivity contribution < 1.29 is 10.0 Å². The molecule has 216 valence electrons. The Hall–Kier alpha value is -5.46. The third-order valence-electron chi connectivity index (χ3n) is 7.23. The van der Waals surface area contributed by atoms with Crippen LogP contribution < -0.4 is 21.7 Å². The molecule has 43 heavy (non-hydrogen) atoms. The van der Waals surface area contributed by atoms with Gasteiger partial charge in [-0.05, 0) is 47.9 Å². The number of amides is 1. The van der Waals surface area contributed by atoms with Gasteiger partial charge in [-0.25, -0.2) is 25.4 Å². The fourth-order valence-corrected chi connectivity index (χ4v) is 5.09. The molecule has 1 atom stereocenters. The number of fused-ring (bicyclic) bond motifs is 2. The topological polar surface area (TPSA) is 163 Å². The molecule has 0 aliphatic rings. The van der Waals surface area contributed by atoms with Gasteiger partial charge < -0.3 is 15.6 Å². The average molecular weight is 576 g/mol. The molecule has 6 aromatic rings. The summed E-state index contributed by atoms with van der Waals surface area (Å²) in [5.74, 6) is 0.546. The lowest BCUT2D eigenvalue weighted by Gasteiger charge is -2.22. The summed E-state index contributed by atoms with van der Waals surface area (Å²) in [6.45, 7) is 2.96. The number of hydroxylamine groups is 1. The van der Waals surface area contributed by atoms with Crippen molar-refractivity contribution in [3.05, 3.63) is 118 Å². The normalized spacial score (nSPS) is 12.0. The smallest absolute Gasteiger partial charge is 0.274 e. The van der Waals surface area contributed by atoms with E-state index in [1.165, 1.54) is 6.33 Å². The molecule has 3 aromatic carbocycles. The average Bonchev–Trinajstić information content (AvgIpc) is 3.54. The van der Waals surface area contributed by atoms with Crippen molar-refractivity contribution >= 4 is 33.8 Å². The van der Waals surface area contributed by atoms with Gasteiger partial charge in [0.15, 0.2) is 11.5 Å². The fourth-order valence-electron chi connectivity index (χ4n) is 5.09. The van der Waals surface area contributed by atoms with Gasteiger partial charge in [0.05, 0.1) is 29.0 Å². The molecule has 6 rings (SSSR count). The molecule has 0 radical (unpaired) electrons. The number of anilines is 1. The first-order valence-corrected chi connectivity index (χ1v) is 13.8. The molecule has 1 amide bonds. The van der Waals surface area contributed by atoms with Crippen LogP contribution in [0.4, 0.5) is 5.82 Å². The van der Waals surface area contributed by atoms with Gasteiger partial charge in [-0.3, -0.25) is 19.4 Å². The second kappa shape index (κ2) is 12.2. The minimum absolute atomic E-state index is 0.171. The quantitative estimate of drug-likeness (QED) is 0.120. The van der Waals surface area contributed by atoms with E-state index in [2.05, 4.69) is 30.6 Å². The fraction of sp³-hybridized carbons (Fsp3) is 0.161. The van der Waals surface area contributed by atoms with E-state index in [0.717, 1.165) is 11.1 Å². The maximum Gasteiger partial charge on any atom is 0.274 e. The van der Waals surface area contributed by atoms with Crippen molar-refractivity contribution in [2.24, 2.45) is 0 Å². The number of H-pyrrole nitrogens is 1. The number of para-hydroxylation sites is 1. The molecule has 12 heteroatoms. The van der Waals surface area contributed by atoms with Crippen LogP contribution in [0, 0.1) is 0 Å². The molecule has 5 N–H and O–H groups in total. The predicted octanol–water partition coefficient (Wildman–Crippen LogP) is 4.02. The number of carbonyl (C=O) groups excluding carboxylic acids is 1. The van der Waals surface area contributed by atoms with E-state index < -0.39 is 5.91 Å². The van der Waals surface area contributed by atoms with Gasteiger partial charge in [0.1, 0.15) is 17.7 Å². The van der Waals surface area contributed by atoms with E-state index in [4.69, 9.17) is 10.2 Å². The Bertz CT molecular complexity index is 1950. The monoisotopic (exact) mass is 575 g/mol. The molecule has 0 aliphatic carbocycles. The van der Waals surface area contributed by atoms with Crippen molar-refractivity contribution in [1.82, 2.24) is 40.3 Å². The van der Waals surface area contributed by atoms with E-state index in [-0.39, 0.29) is 11.6 Å². The minimum Gasteiger partial charge on any atom is -0.358 e. The van der Waals surface area contributed by atoms with Crippen molar-refractivity contribution in [2.45, 2.75) is 32.5 Å². The third kappa shape index (κ3) is 5.56. The first-order chi connectivity index (χ1) is 21.1. The lowest BCUT2D eigenvalue weighted by atomic mass is 10.1. The number of nitrogens with one attached hydrogen (secondary N) is 4. The second-order valence-electron chi connectivity index (χ2n) is 9.93.